The summed E-state index contributed by atoms with van der Waals surface area (Å²) in [6, 6.07) is 4.88. The monoisotopic (exact) mass is 271 g/mol. The van der Waals surface area contributed by atoms with Gasteiger partial charge in [0.05, 0.1) is 10.6 Å². The highest BCUT2D eigenvalue weighted by Gasteiger charge is 2.08. The Morgan fingerprint density at radius 2 is 2.17 bits per heavy atom. The Kier molecular flexibility index (Phi) is 6.54. The molecule has 1 aromatic rings. The average Bonchev–Trinajstić information content (AvgIpc) is 2.33. The van der Waals surface area contributed by atoms with Crippen molar-refractivity contribution in [2.75, 3.05) is 25.6 Å². The lowest BCUT2D eigenvalue weighted by Crippen LogP contribution is -2.03. The number of carboxylic acids is 1. The number of halogens is 1. The summed E-state index contributed by atoms with van der Waals surface area (Å²) in [6.07, 6.45) is 3.19. The molecule has 0 bridgehead atoms. The minimum Gasteiger partial charge on any atom is -0.478 e. The lowest BCUT2D eigenvalue weighted by molar-refractivity contribution is 0.0697. The second-order valence-electron chi connectivity index (χ2n) is 3.98. The van der Waals surface area contributed by atoms with E-state index >= 15 is 0 Å². The van der Waals surface area contributed by atoms with Crippen molar-refractivity contribution < 1.29 is 14.6 Å². The van der Waals surface area contributed by atoms with Crippen LogP contribution in [0.3, 0.4) is 0 Å². The molecule has 0 aliphatic rings. The number of hydrogen-bond donors (Lipinski definition) is 2. The van der Waals surface area contributed by atoms with Crippen LogP contribution in [0.15, 0.2) is 18.2 Å². The number of hydrogen-bond acceptors (Lipinski definition) is 3. The molecule has 0 unspecified atom stereocenters. The summed E-state index contributed by atoms with van der Waals surface area (Å²) >= 11 is 5.87. The maximum absolute atomic E-state index is 10.8. The van der Waals surface area contributed by atoms with E-state index in [0.717, 1.165) is 38.1 Å². The molecule has 0 aliphatic carbocycles. The first-order valence-corrected chi connectivity index (χ1v) is 6.28. The zero-order valence-corrected chi connectivity index (χ0v) is 11.2. The van der Waals surface area contributed by atoms with Gasteiger partial charge in [-0.05, 0) is 37.5 Å². The van der Waals surface area contributed by atoms with Crippen LogP contribution in [0.2, 0.25) is 5.02 Å². The maximum Gasteiger partial charge on any atom is 0.337 e. The number of unbranched alkanes of at least 4 members (excludes halogenated alkanes) is 2. The predicted molar refractivity (Wildman–Crippen MR) is 72.6 cm³/mol. The Bertz CT molecular complexity index is 396. The van der Waals surface area contributed by atoms with E-state index in [0.29, 0.717) is 0 Å². The summed E-state index contributed by atoms with van der Waals surface area (Å²) in [6.45, 7) is 1.63. The number of anilines is 1. The van der Waals surface area contributed by atoms with Gasteiger partial charge in [0.2, 0.25) is 0 Å². The zero-order chi connectivity index (χ0) is 13.4. The number of carboxylic acid groups (broad SMARTS) is 1. The normalized spacial score (nSPS) is 10.3. The molecule has 0 amide bonds. The van der Waals surface area contributed by atoms with E-state index in [1.54, 1.807) is 19.2 Å². The number of nitrogens with one attached hydrogen (secondary N) is 1. The molecule has 4 nitrogen and oxygen atoms in total. The van der Waals surface area contributed by atoms with Gasteiger partial charge in [0.1, 0.15) is 0 Å². The van der Waals surface area contributed by atoms with Crippen molar-refractivity contribution in [3.8, 4) is 0 Å². The van der Waals surface area contributed by atoms with Gasteiger partial charge in [0, 0.05) is 25.9 Å². The Balaban J connectivity index is 2.35. The molecular weight excluding hydrogens is 254 g/mol. The summed E-state index contributed by atoms with van der Waals surface area (Å²) in [5, 5.41) is 12.3. The molecule has 5 heteroatoms. The lowest BCUT2D eigenvalue weighted by atomic mass is 10.2. The number of rotatable bonds is 8. The smallest absolute Gasteiger partial charge is 0.337 e. The van der Waals surface area contributed by atoms with E-state index in [9.17, 15) is 4.79 Å². The van der Waals surface area contributed by atoms with Gasteiger partial charge in [-0.1, -0.05) is 11.6 Å². The number of ether oxygens (including phenoxy) is 1. The molecule has 100 valence electrons. The summed E-state index contributed by atoms with van der Waals surface area (Å²) in [7, 11) is 1.70. The van der Waals surface area contributed by atoms with Crippen molar-refractivity contribution in [3.05, 3.63) is 28.8 Å². The van der Waals surface area contributed by atoms with Crippen LogP contribution in [0.4, 0.5) is 5.69 Å². The summed E-state index contributed by atoms with van der Waals surface area (Å²) in [4.78, 5) is 10.8. The summed E-state index contributed by atoms with van der Waals surface area (Å²) < 4.78 is 4.96. The number of carbonyl (C=O) groups is 1. The molecule has 0 saturated carbocycles. The highest BCUT2D eigenvalue weighted by Crippen LogP contribution is 2.21. The van der Waals surface area contributed by atoms with Gasteiger partial charge in [0.15, 0.2) is 0 Å². The molecule has 1 aromatic carbocycles. The standard InChI is InChI=1S/C13H18ClNO3/c1-18-8-4-2-3-7-15-10-5-6-11(13(16)17)12(14)9-10/h5-6,9,15H,2-4,7-8H2,1H3,(H,16,17). The molecule has 0 aromatic heterocycles. The molecule has 0 radical (unpaired) electrons. The fourth-order valence-corrected chi connectivity index (χ4v) is 1.84. The number of benzene rings is 1. The molecule has 0 saturated heterocycles. The zero-order valence-electron chi connectivity index (χ0n) is 10.4. The molecule has 1 rings (SSSR count). The van der Waals surface area contributed by atoms with E-state index in [1.165, 1.54) is 6.07 Å². The molecule has 0 heterocycles. The van der Waals surface area contributed by atoms with Crippen LogP contribution in [-0.2, 0) is 4.74 Å². The fourth-order valence-electron chi connectivity index (χ4n) is 1.58. The van der Waals surface area contributed by atoms with Crippen LogP contribution in [0, 0.1) is 0 Å². The molecule has 18 heavy (non-hydrogen) atoms. The minimum absolute atomic E-state index is 0.127. The Morgan fingerprint density at radius 3 is 2.78 bits per heavy atom. The van der Waals surface area contributed by atoms with Gasteiger partial charge in [-0.25, -0.2) is 4.79 Å². The minimum atomic E-state index is -1.01. The van der Waals surface area contributed by atoms with Crippen LogP contribution in [0.5, 0.6) is 0 Å². The van der Waals surface area contributed by atoms with E-state index < -0.39 is 5.97 Å². The predicted octanol–water partition coefficient (Wildman–Crippen LogP) is 3.27. The second-order valence-corrected chi connectivity index (χ2v) is 4.39. The molecular formula is C13H18ClNO3. The third-order valence-corrected chi connectivity index (χ3v) is 2.87. The first-order chi connectivity index (χ1) is 8.65. The van der Waals surface area contributed by atoms with Crippen molar-refractivity contribution >= 4 is 23.3 Å². The van der Waals surface area contributed by atoms with Crippen LogP contribution < -0.4 is 5.32 Å². The van der Waals surface area contributed by atoms with Gasteiger partial charge in [-0.15, -0.1) is 0 Å². The van der Waals surface area contributed by atoms with Crippen LogP contribution >= 0.6 is 11.6 Å². The highest BCUT2D eigenvalue weighted by atomic mass is 35.5. The van der Waals surface area contributed by atoms with Gasteiger partial charge >= 0.3 is 5.97 Å². The van der Waals surface area contributed by atoms with Crippen LogP contribution in [0.25, 0.3) is 0 Å². The average molecular weight is 272 g/mol. The highest BCUT2D eigenvalue weighted by molar-refractivity contribution is 6.33. The van der Waals surface area contributed by atoms with Crippen molar-refractivity contribution in [2.24, 2.45) is 0 Å². The Hall–Kier alpha value is -1.26. The SMILES string of the molecule is COCCCCCNc1ccc(C(=O)O)c(Cl)c1. The molecule has 0 spiro atoms. The van der Waals surface area contributed by atoms with Gasteiger partial charge in [-0.3, -0.25) is 0 Å². The maximum atomic E-state index is 10.8. The summed E-state index contributed by atoms with van der Waals surface area (Å²) in [5.74, 6) is -1.01. The van der Waals surface area contributed by atoms with Gasteiger partial charge in [-0.2, -0.15) is 0 Å². The van der Waals surface area contributed by atoms with Crippen LogP contribution in [-0.4, -0.2) is 31.3 Å². The quantitative estimate of drug-likeness (QED) is 0.713. The first-order valence-electron chi connectivity index (χ1n) is 5.91. The van der Waals surface area contributed by atoms with Crippen molar-refractivity contribution in [1.29, 1.82) is 0 Å². The topological polar surface area (TPSA) is 58.6 Å². The lowest BCUT2D eigenvalue weighted by Gasteiger charge is -2.07. The van der Waals surface area contributed by atoms with E-state index in [-0.39, 0.29) is 10.6 Å². The van der Waals surface area contributed by atoms with Crippen molar-refractivity contribution in [2.45, 2.75) is 19.3 Å². The third-order valence-electron chi connectivity index (χ3n) is 2.55. The van der Waals surface area contributed by atoms with Gasteiger partial charge < -0.3 is 15.2 Å². The molecule has 0 aliphatic heterocycles. The summed E-state index contributed by atoms with van der Waals surface area (Å²) in [5.41, 5.74) is 0.971. The molecule has 2 N–H and O–H groups in total. The Labute approximate surface area is 112 Å². The number of aromatic carboxylic acids is 1. The van der Waals surface area contributed by atoms with Crippen molar-refractivity contribution in [1.82, 2.24) is 0 Å². The Morgan fingerprint density at radius 1 is 1.39 bits per heavy atom. The van der Waals surface area contributed by atoms with E-state index in [2.05, 4.69) is 5.32 Å². The fraction of sp³-hybridized carbons (Fsp3) is 0.462. The van der Waals surface area contributed by atoms with E-state index in [4.69, 9.17) is 21.4 Å². The molecule has 0 atom stereocenters. The molecule has 0 fully saturated rings. The first kappa shape index (κ1) is 14.8. The number of methoxy groups -OCH3 is 1. The second kappa shape index (κ2) is 7.95. The van der Waals surface area contributed by atoms with Gasteiger partial charge in [0.25, 0.3) is 0 Å². The van der Waals surface area contributed by atoms with E-state index in [1.807, 2.05) is 0 Å². The van der Waals surface area contributed by atoms with Crippen LogP contribution in [0.1, 0.15) is 29.6 Å². The van der Waals surface area contributed by atoms with Crippen molar-refractivity contribution in [3.63, 3.8) is 0 Å². The third kappa shape index (κ3) is 4.94. The largest absolute Gasteiger partial charge is 0.478 e.